The van der Waals surface area contributed by atoms with Crippen LogP contribution in [-0.4, -0.2) is 36.3 Å². The Morgan fingerprint density at radius 2 is 1.89 bits per heavy atom. The van der Waals surface area contributed by atoms with E-state index in [0.29, 0.717) is 18.9 Å². The van der Waals surface area contributed by atoms with Crippen LogP contribution in [-0.2, 0) is 22.4 Å². The summed E-state index contributed by atoms with van der Waals surface area (Å²) in [6.45, 7) is 2.15. The summed E-state index contributed by atoms with van der Waals surface area (Å²) in [5.74, 6) is 0.332. The standard InChI is InChI=1S/C22H24FN3O2/c23-18-3-1-15(2-4-18)11-16-7-9-26(10-8-16)14-22(28)24-19-5-6-20-17(12-19)13-21(27)25-20/h1-6,12,16H,7-11,13-14H2,(H,24,28)(H,25,27). The fourth-order valence-electron chi connectivity index (χ4n) is 4.01. The van der Waals surface area contributed by atoms with Gasteiger partial charge < -0.3 is 10.6 Å². The van der Waals surface area contributed by atoms with E-state index in [1.807, 2.05) is 30.3 Å². The minimum absolute atomic E-state index is 0.0121. The number of nitrogens with zero attached hydrogens (tertiary/aromatic N) is 1. The molecule has 0 aliphatic carbocycles. The lowest BCUT2D eigenvalue weighted by molar-refractivity contribution is -0.117. The topological polar surface area (TPSA) is 61.4 Å². The van der Waals surface area contributed by atoms with Gasteiger partial charge in [0.1, 0.15) is 5.82 Å². The molecule has 2 aliphatic rings. The molecule has 0 aromatic heterocycles. The van der Waals surface area contributed by atoms with Gasteiger partial charge in [0.2, 0.25) is 11.8 Å². The number of benzene rings is 2. The van der Waals surface area contributed by atoms with E-state index in [4.69, 9.17) is 0 Å². The molecule has 1 fully saturated rings. The molecule has 4 rings (SSSR count). The second-order valence-corrected chi connectivity index (χ2v) is 7.70. The number of hydrogen-bond acceptors (Lipinski definition) is 3. The fraction of sp³-hybridized carbons (Fsp3) is 0.364. The third kappa shape index (κ3) is 4.57. The molecule has 2 aromatic rings. The zero-order chi connectivity index (χ0) is 19.5. The summed E-state index contributed by atoms with van der Waals surface area (Å²) in [6.07, 6.45) is 3.40. The summed E-state index contributed by atoms with van der Waals surface area (Å²) in [7, 11) is 0. The highest BCUT2D eigenvalue weighted by Crippen LogP contribution is 2.26. The number of carbonyl (C=O) groups is 2. The third-order valence-electron chi connectivity index (χ3n) is 5.53. The zero-order valence-electron chi connectivity index (χ0n) is 15.7. The molecule has 0 bridgehead atoms. The van der Waals surface area contributed by atoms with Crippen molar-refractivity contribution in [3.63, 3.8) is 0 Å². The first-order chi connectivity index (χ1) is 13.5. The van der Waals surface area contributed by atoms with E-state index in [1.54, 1.807) is 0 Å². The molecule has 0 radical (unpaired) electrons. The van der Waals surface area contributed by atoms with Gasteiger partial charge in [0.15, 0.2) is 0 Å². The van der Waals surface area contributed by atoms with Crippen molar-refractivity contribution in [1.82, 2.24) is 4.90 Å². The van der Waals surface area contributed by atoms with Crippen LogP contribution in [0.3, 0.4) is 0 Å². The molecule has 2 aromatic carbocycles. The van der Waals surface area contributed by atoms with Gasteiger partial charge in [-0.2, -0.15) is 0 Å². The van der Waals surface area contributed by atoms with E-state index in [9.17, 15) is 14.0 Å². The number of rotatable bonds is 5. The van der Waals surface area contributed by atoms with E-state index in [2.05, 4.69) is 15.5 Å². The van der Waals surface area contributed by atoms with Gasteiger partial charge in [0.25, 0.3) is 0 Å². The first kappa shape index (κ1) is 18.6. The Morgan fingerprint density at radius 3 is 2.64 bits per heavy atom. The number of likely N-dealkylation sites (tertiary alicyclic amines) is 1. The molecule has 6 heteroatoms. The average molecular weight is 381 g/mol. The summed E-state index contributed by atoms with van der Waals surface area (Å²) in [5.41, 5.74) is 3.64. The van der Waals surface area contributed by atoms with Crippen molar-refractivity contribution in [2.24, 2.45) is 5.92 Å². The summed E-state index contributed by atoms with van der Waals surface area (Å²) in [4.78, 5) is 26.0. The maximum absolute atomic E-state index is 13.0. The number of halogens is 1. The molecule has 0 saturated carbocycles. The molecule has 0 unspecified atom stereocenters. The molecule has 146 valence electrons. The third-order valence-corrected chi connectivity index (χ3v) is 5.53. The van der Waals surface area contributed by atoms with E-state index >= 15 is 0 Å². The van der Waals surface area contributed by atoms with Crippen molar-refractivity contribution in [1.29, 1.82) is 0 Å². The Hall–Kier alpha value is -2.73. The van der Waals surface area contributed by atoms with Crippen LogP contribution in [0.1, 0.15) is 24.0 Å². The van der Waals surface area contributed by atoms with Crippen LogP contribution < -0.4 is 10.6 Å². The van der Waals surface area contributed by atoms with Crippen molar-refractivity contribution in [3.8, 4) is 0 Å². The SMILES string of the molecule is O=C(CN1CCC(Cc2ccc(F)cc2)CC1)Nc1ccc2c(c1)CC(=O)N2. The summed E-state index contributed by atoms with van der Waals surface area (Å²) < 4.78 is 13.0. The van der Waals surface area contributed by atoms with Gasteiger partial charge >= 0.3 is 0 Å². The Bertz CT molecular complexity index is 874. The quantitative estimate of drug-likeness (QED) is 0.836. The molecular weight excluding hydrogens is 357 g/mol. The molecule has 2 aliphatic heterocycles. The van der Waals surface area contributed by atoms with Crippen molar-refractivity contribution in [2.45, 2.75) is 25.7 Å². The zero-order valence-corrected chi connectivity index (χ0v) is 15.7. The molecule has 0 spiro atoms. The van der Waals surface area contributed by atoms with E-state index < -0.39 is 0 Å². The van der Waals surface area contributed by atoms with Gasteiger partial charge in [-0.05, 0) is 79.7 Å². The van der Waals surface area contributed by atoms with Gasteiger partial charge in [-0.3, -0.25) is 14.5 Å². The maximum Gasteiger partial charge on any atom is 0.238 e. The molecule has 0 atom stereocenters. The minimum atomic E-state index is -0.198. The highest BCUT2D eigenvalue weighted by atomic mass is 19.1. The summed E-state index contributed by atoms with van der Waals surface area (Å²) in [5, 5.41) is 5.72. The Labute approximate surface area is 163 Å². The lowest BCUT2D eigenvalue weighted by Gasteiger charge is -2.31. The van der Waals surface area contributed by atoms with E-state index in [-0.39, 0.29) is 17.6 Å². The number of hydrogen-bond donors (Lipinski definition) is 2. The van der Waals surface area contributed by atoms with Gasteiger partial charge in [-0.15, -0.1) is 0 Å². The van der Waals surface area contributed by atoms with Gasteiger partial charge in [0.05, 0.1) is 13.0 Å². The largest absolute Gasteiger partial charge is 0.326 e. The van der Waals surface area contributed by atoms with Crippen LogP contribution in [0.25, 0.3) is 0 Å². The lowest BCUT2D eigenvalue weighted by atomic mass is 9.90. The van der Waals surface area contributed by atoms with Crippen LogP contribution in [0.5, 0.6) is 0 Å². The van der Waals surface area contributed by atoms with Gasteiger partial charge in [-0.1, -0.05) is 12.1 Å². The predicted octanol–water partition coefficient (Wildman–Crippen LogP) is 3.21. The number of amides is 2. The first-order valence-corrected chi connectivity index (χ1v) is 9.74. The summed E-state index contributed by atoms with van der Waals surface area (Å²) in [6, 6.07) is 12.2. The van der Waals surface area contributed by atoms with Crippen molar-refractivity contribution in [2.75, 3.05) is 30.3 Å². The van der Waals surface area contributed by atoms with Crippen LogP contribution in [0.2, 0.25) is 0 Å². The first-order valence-electron chi connectivity index (χ1n) is 9.74. The van der Waals surface area contributed by atoms with Crippen molar-refractivity contribution in [3.05, 3.63) is 59.4 Å². The molecular formula is C22H24FN3O2. The number of carbonyl (C=O) groups excluding carboxylic acids is 2. The number of piperidine rings is 1. The van der Waals surface area contributed by atoms with Gasteiger partial charge in [-0.25, -0.2) is 4.39 Å². The number of fused-ring (bicyclic) bond motifs is 1. The number of nitrogens with one attached hydrogen (secondary N) is 2. The van der Waals surface area contributed by atoms with Crippen molar-refractivity contribution < 1.29 is 14.0 Å². The maximum atomic E-state index is 13.0. The predicted molar refractivity (Wildman–Crippen MR) is 107 cm³/mol. The molecule has 2 amide bonds. The molecule has 2 N–H and O–H groups in total. The summed E-state index contributed by atoms with van der Waals surface area (Å²) >= 11 is 0. The smallest absolute Gasteiger partial charge is 0.238 e. The van der Waals surface area contributed by atoms with Crippen LogP contribution in [0.15, 0.2) is 42.5 Å². The van der Waals surface area contributed by atoms with Gasteiger partial charge in [0, 0.05) is 11.4 Å². The van der Waals surface area contributed by atoms with E-state index in [0.717, 1.165) is 49.3 Å². The second kappa shape index (κ2) is 8.10. The van der Waals surface area contributed by atoms with Crippen LogP contribution in [0, 0.1) is 11.7 Å². The average Bonchev–Trinajstić information content (AvgIpc) is 3.04. The highest BCUT2D eigenvalue weighted by molar-refractivity contribution is 6.00. The van der Waals surface area contributed by atoms with Crippen LogP contribution in [0.4, 0.5) is 15.8 Å². The molecule has 2 heterocycles. The van der Waals surface area contributed by atoms with Crippen molar-refractivity contribution >= 4 is 23.2 Å². The normalized spacial score (nSPS) is 17.2. The Balaban J connectivity index is 1.23. The highest BCUT2D eigenvalue weighted by Gasteiger charge is 2.22. The van der Waals surface area contributed by atoms with Crippen LogP contribution >= 0.6 is 0 Å². The Kier molecular flexibility index (Phi) is 5.39. The minimum Gasteiger partial charge on any atom is -0.326 e. The van der Waals surface area contributed by atoms with E-state index in [1.165, 1.54) is 17.7 Å². The Morgan fingerprint density at radius 1 is 1.14 bits per heavy atom. The monoisotopic (exact) mass is 381 g/mol. The number of anilines is 2. The molecule has 1 saturated heterocycles. The fourth-order valence-corrected chi connectivity index (χ4v) is 4.01. The second-order valence-electron chi connectivity index (χ2n) is 7.70. The molecule has 28 heavy (non-hydrogen) atoms. The lowest BCUT2D eigenvalue weighted by Crippen LogP contribution is -2.39. The molecule has 5 nitrogen and oxygen atoms in total.